The maximum absolute atomic E-state index is 12.3. The Hall–Kier alpha value is -1.29. The van der Waals surface area contributed by atoms with Crippen molar-refractivity contribution >= 4 is 23.2 Å². The zero-order chi connectivity index (χ0) is 14.5. The van der Waals surface area contributed by atoms with Crippen LogP contribution in [0.3, 0.4) is 0 Å². The Kier molecular flexibility index (Phi) is 5.24. The Morgan fingerprint density at radius 3 is 2.85 bits per heavy atom. The van der Waals surface area contributed by atoms with Gasteiger partial charge in [0.05, 0.1) is 17.4 Å². The summed E-state index contributed by atoms with van der Waals surface area (Å²) in [5.41, 5.74) is 6.48. The molecule has 2 rings (SSSR count). The first kappa shape index (κ1) is 15.1. The van der Waals surface area contributed by atoms with E-state index in [1.807, 2.05) is 0 Å². The van der Waals surface area contributed by atoms with Crippen LogP contribution in [-0.2, 0) is 0 Å². The third-order valence-corrected chi connectivity index (χ3v) is 4.38. The lowest BCUT2D eigenvalue weighted by atomic mass is 9.83. The molecule has 1 saturated carbocycles. The van der Waals surface area contributed by atoms with E-state index in [9.17, 15) is 4.79 Å². The molecule has 1 fully saturated rings. The number of carbonyl (C=O) groups excluding carboxylic acids is 1. The molecule has 1 heterocycles. The zero-order valence-electron chi connectivity index (χ0n) is 11.9. The molecule has 1 atom stereocenters. The number of amides is 1. The predicted octanol–water partition coefficient (Wildman–Crippen LogP) is 3.41. The Morgan fingerprint density at radius 2 is 2.20 bits per heavy atom. The van der Waals surface area contributed by atoms with E-state index in [1.165, 1.54) is 38.3 Å². The van der Waals surface area contributed by atoms with Gasteiger partial charge in [-0.3, -0.25) is 4.79 Å². The number of rotatable bonds is 4. The molecule has 1 aromatic rings. The van der Waals surface area contributed by atoms with Crippen molar-refractivity contribution in [3.05, 3.63) is 23.0 Å². The van der Waals surface area contributed by atoms with Gasteiger partial charge >= 0.3 is 0 Å². The second-order valence-corrected chi connectivity index (χ2v) is 5.85. The molecule has 20 heavy (non-hydrogen) atoms. The Balaban J connectivity index is 2.06. The normalized spacial score (nSPS) is 17.7. The fraction of sp³-hybridized carbons (Fsp3) is 0.600. The molecule has 1 aliphatic rings. The van der Waals surface area contributed by atoms with Crippen molar-refractivity contribution in [1.82, 2.24) is 10.3 Å². The molecule has 0 aliphatic heterocycles. The van der Waals surface area contributed by atoms with Crippen molar-refractivity contribution < 1.29 is 4.79 Å². The van der Waals surface area contributed by atoms with Gasteiger partial charge < -0.3 is 11.1 Å². The number of anilines is 1. The summed E-state index contributed by atoms with van der Waals surface area (Å²) in [7, 11) is 0. The van der Waals surface area contributed by atoms with Crippen LogP contribution in [0.25, 0.3) is 0 Å². The molecule has 1 amide bonds. The third-order valence-electron chi connectivity index (χ3n) is 4.08. The zero-order valence-corrected chi connectivity index (χ0v) is 12.6. The molecule has 1 aliphatic carbocycles. The number of carbonyl (C=O) groups is 1. The van der Waals surface area contributed by atoms with Gasteiger partial charge in [0.25, 0.3) is 5.91 Å². The van der Waals surface area contributed by atoms with Crippen LogP contribution < -0.4 is 11.1 Å². The number of pyridine rings is 1. The van der Waals surface area contributed by atoms with Crippen LogP contribution in [0.4, 0.5) is 5.69 Å². The maximum Gasteiger partial charge on any atom is 0.254 e. The number of halogens is 1. The van der Waals surface area contributed by atoms with Crippen LogP contribution in [0.5, 0.6) is 0 Å². The lowest BCUT2D eigenvalue weighted by Crippen LogP contribution is -2.40. The van der Waals surface area contributed by atoms with E-state index in [2.05, 4.69) is 17.2 Å². The van der Waals surface area contributed by atoms with Gasteiger partial charge in [-0.25, -0.2) is 4.98 Å². The highest BCUT2D eigenvalue weighted by Gasteiger charge is 2.24. The van der Waals surface area contributed by atoms with E-state index in [0.717, 1.165) is 6.42 Å². The number of aromatic nitrogens is 1. The van der Waals surface area contributed by atoms with E-state index in [0.29, 0.717) is 17.2 Å². The first-order valence-corrected chi connectivity index (χ1v) is 7.71. The van der Waals surface area contributed by atoms with Gasteiger partial charge in [0.15, 0.2) is 0 Å². The molecule has 3 N–H and O–H groups in total. The van der Waals surface area contributed by atoms with Gasteiger partial charge in [-0.2, -0.15) is 0 Å². The fourth-order valence-corrected chi connectivity index (χ4v) is 3.15. The summed E-state index contributed by atoms with van der Waals surface area (Å²) >= 11 is 5.98. The first-order chi connectivity index (χ1) is 9.61. The monoisotopic (exact) mass is 295 g/mol. The molecule has 1 unspecified atom stereocenters. The number of nitrogens with two attached hydrogens (primary N) is 1. The highest BCUT2D eigenvalue weighted by atomic mass is 35.5. The van der Waals surface area contributed by atoms with Gasteiger partial charge in [-0.15, -0.1) is 0 Å². The van der Waals surface area contributed by atoms with Gasteiger partial charge in [0.2, 0.25) is 0 Å². The van der Waals surface area contributed by atoms with E-state index in [4.69, 9.17) is 17.3 Å². The minimum atomic E-state index is -0.174. The van der Waals surface area contributed by atoms with Crippen LogP contribution in [0, 0.1) is 5.92 Å². The summed E-state index contributed by atoms with van der Waals surface area (Å²) in [6, 6.07) is 1.79. The summed E-state index contributed by atoms with van der Waals surface area (Å²) < 4.78 is 0. The molecule has 0 aromatic carbocycles. The second-order valence-electron chi connectivity index (χ2n) is 5.49. The number of nitrogens with one attached hydrogen (secondary N) is 1. The lowest BCUT2D eigenvalue weighted by Gasteiger charge is -2.30. The smallest absolute Gasteiger partial charge is 0.254 e. The third kappa shape index (κ3) is 3.63. The highest BCUT2D eigenvalue weighted by Crippen LogP contribution is 2.28. The molecule has 1 aromatic heterocycles. The Morgan fingerprint density at radius 1 is 1.50 bits per heavy atom. The molecule has 5 heteroatoms. The summed E-state index contributed by atoms with van der Waals surface area (Å²) in [5.74, 6) is 0.401. The Labute approximate surface area is 125 Å². The average Bonchev–Trinajstić information content (AvgIpc) is 2.48. The summed E-state index contributed by atoms with van der Waals surface area (Å²) in [6.45, 7) is 2.11. The van der Waals surface area contributed by atoms with E-state index in [1.54, 1.807) is 6.07 Å². The molecular weight excluding hydrogens is 274 g/mol. The van der Waals surface area contributed by atoms with Gasteiger partial charge in [-0.1, -0.05) is 37.8 Å². The number of nitrogen functional groups attached to an aromatic ring is 1. The Bertz CT molecular complexity index is 472. The van der Waals surface area contributed by atoms with E-state index < -0.39 is 0 Å². The van der Waals surface area contributed by atoms with Gasteiger partial charge in [0.1, 0.15) is 5.15 Å². The number of nitrogens with zero attached hydrogens (tertiary/aromatic N) is 1. The molecule has 0 bridgehead atoms. The summed E-state index contributed by atoms with van der Waals surface area (Å²) in [4.78, 5) is 16.3. The van der Waals surface area contributed by atoms with Crippen LogP contribution in [0.15, 0.2) is 12.3 Å². The highest BCUT2D eigenvalue weighted by molar-refractivity contribution is 6.32. The van der Waals surface area contributed by atoms with E-state index >= 15 is 0 Å². The number of hydrogen-bond acceptors (Lipinski definition) is 3. The van der Waals surface area contributed by atoms with Crippen LogP contribution >= 0.6 is 11.6 Å². The minimum absolute atomic E-state index is 0.174. The molecule has 4 nitrogen and oxygen atoms in total. The molecule has 0 radical (unpaired) electrons. The fourth-order valence-electron chi connectivity index (χ4n) is 2.96. The molecule has 0 saturated heterocycles. The van der Waals surface area contributed by atoms with Crippen LogP contribution in [-0.4, -0.2) is 16.9 Å². The van der Waals surface area contributed by atoms with Crippen LogP contribution in [0.2, 0.25) is 5.15 Å². The first-order valence-electron chi connectivity index (χ1n) is 7.33. The minimum Gasteiger partial charge on any atom is -0.397 e. The topological polar surface area (TPSA) is 68.0 Å². The standard InChI is InChI=1S/C15H22ClN3O/c1-2-13(10-6-4-3-5-7-10)19-15(20)12-8-11(17)9-18-14(12)16/h8-10,13H,2-7,17H2,1H3,(H,19,20). The largest absolute Gasteiger partial charge is 0.397 e. The van der Waals surface area contributed by atoms with Crippen molar-refractivity contribution in [2.75, 3.05) is 5.73 Å². The molecule has 0 spiro atoms. The SMILES string of the molecule is CCC(NC(=O)c1cc(N)cnc1Cl)C1CCCCC1. The predicted molar refractivity (Wildman–Crippen MR) is 81.8 cm³/mol. The summed E-state index contributed by atoms with van der Waals surface area (Å²) in [6.07, 6.45) is 8.62. The quantitative estimate of drug-likeness (QED) is 0.837. The second kappa shape index (κ2) is 6.93. The maximum atomic E-state index is 12.3. The van der Waals surface area contributed by atoms with E-state index in [-0.39, 0.29) is 17.1 Å². The van der Waals surface area contributed by atoms with Crippen LogP contribution in [0.1, 0.15) is 55.8 Å². The van der Waals surface area contributed by atoms with Crippen molar-refractivity contribution in [3.63, 3.8) is 0 Å². The van der Waals surface area contributed by atoms with Crippen molar-refractivity contribution in [1.29, 1.82) is 0 Å². The summed E-state index contributed by atoms with van der Waals surface area (Å²) in [5, 5.41) is 3.31. The van der Waals surface area contributed by atoms with Gasteiger partial charge in [0, 0.05) is 6.04 Å². The van der Waals surface area contributed by atoms with Crippen molar-refractivity contribution in [2.45, 2.75) is 51.5 Å². The molecule has 110 valence electrons. The average molecular weight is 296 g/mol. The lowest BCUT2D eigenvalue weighted by molar-refractivity contribution is 0.0911. The molecular formula is C15H22ClN3O. The number of hydrogen-bond donors (Lipinski definition) is 2. The van der Waals surface area contributed by atoms with Gasteiger partial charge in [-0.05, 0) is 31.2 Å². The van der Waals surface area contributed by atoms with Crippen molar-refractivity contribution in [2.24, 2.45) is 5.92 Å². The van der Waals surface area contributed by atoms with Crippen molar-refractivity contribution in [3.8, 4) is 0 Å².